The van der Waals surface area contributed by atoms with Gasteiger partial charge in [0, 0.05) is 35.5 Å². The molecule has 1 amide bonds. The molecule has 0 fully saturated rings. The second-order valence-electron chi connectivity index (χ2n) is 7.22. The van der Waals surface area contributed by atoms with Gasteiger partial charge < -0.3 is 10.1 Å². The average molecular weight is 410 g/mol. The molecular weight excluding hydrogens is 387 g/mol. The van der Waals surface area contributed by atoms with E-state index in [9.17, 15) is 14.0 Å². The minimum atomic E-state index is -0.549. The fourth-order valence-corrected chi connectivity index (χ4v) is 2.87. The average Bonchev–Trinajstić information content (AvgIpc) is 3.15. The molecule has 0 unspecified atom stereocenters. The maximum atomic E-state index is 14.5. The third-order valence-corrected chi connectivity index (χ3v) is 4.65. The number of anilines is 1. The highest BCUT2D eigenvalue weighted by Gasteiger charge is 2.13. The number of nitrogens with one attached hydrogen (secondary N) is 1. The van der Waals surface area contributed by atoms with Crippen LogP contribution < -0.4 is 5.32 Å². The van der Waals surface area contributed by atoms with Crippen LogP contribution in [0.15, 0.2) is 48.8 Å². The lowest BCUT2D eigenvalue weighted by Gasteiger charge is -2.09. The number of benzene rings is 1. The van der Waals surface area contributed by atoms with Crippen LogP contribution >= 0.6 is 0 Å². The van der Waals surface area contributed by atoms with Crippen LogP contribution in [0.1, 0.15) is 38.2 Å². The maximum Gasteiger partial charge on any atom is 0.333 e. The van der Waals surface area contributed by atoms with Gasteiger partial charge >= 0.3 is 5.97 Å². The lowest BCUT2D eigenvalue weighted by molar-refractivity contribution is -0.136. The van der Waals surface area contributed by atoms with Gasteiger partial charge in [0.05, 0.1) is 7.11 Å². The van der Waals surface area contributed by atoms with Crippen molar-refractivity contribution < 1.29 is 18.7 Å². The quantitative estimate of drug-likeness (QED) is 0.468. The predicted octanol–water partition coefficient (Wildman–Crippen LogP) is 4.13. The Kier molecular flexibility index (Phi) is 6.25. The summed E-state index contributed by atoms with van der Waals surface area (Å²) in [4.78, 5) is 27.9. The fraction of sp³-hybridized carbons (Fsp3) is 0.273. The number of aromatic nitrogens is 3. The smallest absolute Gasteiger partial charge is 0.333 e. The first-order valence-electron chi connectivity index (χ1n) is 9.49. The highest BCUT2D eigenvalue weighted by atomic mass is 19.1. The van der Waals surface area contributed by atoms with Gasteiger partial charge in [-0.15, -0.1) is 5.10 Å². The molecule has 2 aromatic heterocycles. The third kappa shape index (κ3) is 4.71. The summed E-state index contributed by atoms with van der Waals surface area (Å²) < 4.78 is 20.4. The molecule has 1 N–H and O–H groups in total. The number of methoxy groups -OCH3 is 1. The Hall–Kier alpha value is -3.55. The molecule has 30 heavy (non-hydrogen) atoms. The number of hydrogen-bond acceptors (Lipinski definition) is 5. The molecule has 0 radical (unpaired) electrons. The van der Waals surface area contributed by atoms with Crippen molar-refractivity contribution in [1.29, 1.82) is 0 Å². The number of rotatable bonds is 7. The summed E-state index contributed by atoms with van der Waals surface area (Å²) in [6.07, 6.45) is 3.69. The summed E-state index contributed by atoms with van der Waals surface area (Å²) in [7, 11) is 1.26. The summed E-state index contributed by atoms with van der Waals surface area (Å²) in [6, 6.07) is 6.20. The van der Waals surface area contributed by atoms with E-state index < -0.39 is 11.8 Å². The van der Waals surface area contributed by atoms with Gasteiger partial charge in [0.1, 0.15) is 11.5 Å². The van der Waals surface area contributed by atoms with Crippen LogP contribution in [0.2, 0.25) is 0 Å². The Morgan fingerprint density at radius 2 is 2.03 bits per heavy atom. The largest absolute Gasteiger partial charge is 0.466 e. The van der Waals surface area contributed by atoms with Crippen molar-refractivity contribution in [1.82, 2.24) is 14.8 Å². The van der Waals surface area contributed by atoms with Gasteiger partial charge in [-0.25, -0.2) is 18.9 Å². The number of carbonyl (C=O) groups excluding carboxylic acids is 2. The van der Waals surface area contributed by atoms with Gasteiger partial charge in [-0.1, -0.05) is 20.4 Å². The summed E-state index contributed by atoms with van der Waals surface area (Å²) >= 11 is 0. The zero-order valence-corrected chi connectivity index (χ0v) is 17.1. The van der Waals surface area contributed by atoms with Crippen molar-refractivity contribution in [2.24, 2.45) is 0 Å². The number of carbonyl (C=O) groups is 2. The highest BCUT2D eigenvalue weighted by molar-refractivity contribution is 5.93. The van der Waals surface area contributed by atoms with E-state index in [1.54, 1.807) is 12.4 Å². The Labute approximate surface area is 173 Å². The summed E-state index contributed by atoms with van der Waals surface area (Å²) in [6.45, 7) is 7.72. The van der Waals surface area contributed by atoms with Gasteiger partial charge in [-0.2, -0.15) is 0 Å². The number of ether oxygens (including phenoxy) is 1. The molecule has 0 bridgehead atoms. The fourth-order valence-electron chi connectivity index (χ4n) is 2.87. The van der Waals surface area contributed by atoms with Crippen molar-refractivity contribution in [2.75, 3.05) is 12.4 Å². The number of pyridine rings is 1. The molecule has 156 valence electrons. The Morgan fingerprint density at radius 1 is 1.27 bits per heavy atom. The minimum absolute atomic E-state index is 0.0498. The summed E-state index contributed by atoms with van der Waals surface area (Å²) in [5.74, 6) is -1.04. The number of nitrogens with zero attached hydrogens (tertiary/aromatic N) is 3. The van der Waals surface area contributed by atoms with Gasteiger partial charge in [0.2, 0.25) is 5.91 Å². The second-order valence-corrected chi connectivity index (χ2v) is 7.22. The summed E-state index contributed by atoms with van der Waals surface area (Å²) in [5, 5.41) is 7.84. The Bertz CT molecular complexity index is 1120. The molecule has 0 saturated heterocycles. The molecule has 8 heteroatoms. The summed E-state index contributed by atoms with van der Waals surface area (Å²) in [5.41, 5.74) is 2.39. The zero-order chi connectivity index (χ0) is 21.8. The van der Waals surface area contributed by atoms with Gasteiger partial charge in [-0.05, 0) is 42.2 Å². The van der Waals surface area contributed by atoms with Crippen molar-refractivity contribution in [3.63, 3.8) is 0 Å². The monoisotopic (exact) mass is 410 g/mol. The van der Waals surface area contributed by atoms with Crippen LogP contribution in [0.25, 0.3) is 16.7 Å². The highest BCUT2D eigenvalue weighted by Crippen LogP contribution is 2.23. The van der Waals surface area contributed by atoms with Gasteiger partial charge in [0.15, 0.2) is 5.65 Å². The molecular formula is C22H23FN4O3. The van der Waals surface area contributed by atoms with E-state index >= 15 is 0 Å². The molecule has 2 heterocycles. The van der Waals surface area contributed by atoms with Crippen molar-refractivity contribution >= 4 is 28.6 Å². The van der Waals surface area contributed by atoms with Gasteiger partial charge in [0.25, 0.3) is 0 Å². The third-order valence-electron chi connectivity index (χ3n) is 4.65. The van der Waals surface area contributed by atoms with Crippen LogP contribution in [0, 0.1) is 5.82 Å². The second kappa shape index (κ2) is 8.86. The number of esters is 1. The predicted molar refractivity (Wildman–Crippen MR) is 112 cm³/mol. The van der Waals surface area contributed by atoms with E-state index in [0.29, 0.717) is 17.3 Å². The first-order chi connectivity index (χ1) is 14.3. The van der Waals surface area contributed by atoms with Crippen LogP contribution in [0.4, 0.5) is 10.1 Å². The molecule has 0 aliphatic carbocycles. The molecule has 0 aliphatic heterocycles. The number of fused-ring (bicyclic) bond motifs is 1. The van der Waals surface area contributed by atoms with Crippen molar-refractivity contribution in [2.45, 2.75) is 32.6 Å². The molecule has 1 aromatic carbocycles. The normalized spacial score (nSPS) is 11.0. The maximum absolute atomic E-state index is 14.5. The van der Waals surface area contributed by atoms with Crippen LogP contribution in [-0.2, 0) is 14.3 Å². The van der Waals surface area contributed by atoms with Crippen LogP contribution in [0.5, 0.6) is 0 Å². The van der Waals surface area contributed by atoms with Crippen LogP contribution in [0.3, 0.4) is 0 Å². The topological polar surface area (TPSA) is 86.1 Å². The lowest BCUT2D eigenvalue weighted by Crippen LogP contribution is -2.13. The molecule has 3 aromatic rings. The van der Waals surface area contributed by atoms with E-state index in [-0.39, 0.29) is 30.0 Å². The first-order valence-corrected chi connectivity index (χ1v) is 9.49. The first kappa shape index (κ1) is 21.2. The zero-order valence-electron chi connectivity index (χ0n) is 17.1. The van der Waals surface area contributed by atoms with Crippen molar-refractivity contribution in [3.8, 4) is 5.69 Å². The lowest BCUT2D eigenvalue weighted by atomic mass is 10.1. The molecule has 7 nitrogen and oxygen atoms in total. The molecule has 3 rings (SSSR count). The van der Waals surface area contributed by atoms with E-state index in [1.807, 2.05) is 6.07 Å². The van der Waals surface area contributed by atoms with E-state index in [0.717, 1.165) is 10.9 Å². The molecule has 0 saturated carbocycles. The van der Waals surface area contributed by atoms with E-state index in [2.05, 4.69) is 40.6 Å². The number of amides is 1. The molecule has 0 atom stereocenters. The van der Waals surface area contributed by atoms with E-state index in [1.165, 1.54) is 30.0 Å². The number of halogens is 1. The van der Waals surface area contributed by atoms with Crippen LogP contribution in [-0.4, -0.2) is 33.8 Å². The standard InChI is InChI=1S/C22H23FN4O3/c1-13(2)15-9-16-12-27(26-21(16)24-11-15)19-10-17(6-7-18(19)23)25-20(28)8-5-14(3)22(29)30-4/h6-7,9-13H,3,5,8H2,1-2,4H3,(H,25,28). The molecule has 0 aliphatic rings. The van der Waals surface area contributed by atoms with Gasteiger partial charge in [-0.3, -0.25) is 4.79 Å². The Morgan fingerprint density at radius 3 is 2.73 bits per heavy atom. The molecule has 0 spiro atoms. The van der Waals surface area contributed by atoms with E-state index in [4.69, 9.17) is 0 Å². The number of hydrogen-bond donors (Lipinski definition) is 1. The van der Waals surface area contributed by atoms with Crippen molar-refractivity contribution in [3.05, 3.63) is 60.2 Å². The SMILES string of the molecule is C=C(CCC(=O)Nc1ccc(F)c(-n2cc3cc(C(C)C)cnc3n2)c1)C(=O)OC. The minimum Gasteiger partial charge on any atom is -0.466 e. The Balaban J connectivity index is 1.78.